The van der Waals surface area contributed by atoms with Crippen molar-refractivity contribution in [3.63, 3.8) is 0 Å². The van der Waals surface area contributed by atoms with Crippen LogP contribution in [0.5, 0.6) is 0 Å². The smallest absolute Gasteiger partial charge is 0.305 e. The molecule has 0 aromatic heterocycles. The number of carbonyl (C=O) groups excluding carboxylic acids is 1. The van der Waals surface area contributed by atoms with Crippen LogP contribution in [0.3, 0.4) is 0 Å². The summed E-state index contributed by atoms with van der Waals surface area (Å²) < 4.78 is 11.6. The number of hydrogen-bond donors (Lipinski definition) is 0. The predicted molar refractivity (Wildman–Crippen MR) is 78.9 cm³/mol. The maximum Gasteiger partial charge on any atom is 0.305 e. The Morgan fingerprint density at radius 3 is 2.74 bits per heavy atom. The number of carbonyl (C=O) groups is 1. The highest BCUT2D eigenvalue weighted by molar-refractivity contribution is 9.10. The molecule has 0 saturated heterocycles. The quantitative estimate of drug-likeness (QED) is 0.506. The van der Waals surface area contributed by atoms with E-state index >= 15 is 0 Å². The highest BCUT2D eigenvalue weighted by Gasteiger charge is 2.01. The van der Waals surface area contributed by atoms with Gasteiger partial charge in [0.05, 0.1) is 13.2 Å². The fourth-order valence-electron chi connectivity index (χ4n) is 1.68. The maximum atomic E-state index is 11.1. The summed E-state index contributed by atoms with van der Waals surface area (Å²) in [6.07, 6.45) is 3.36. The zero-order chi connectivity index (χ0) is 13.9. The minimum Gasteiger partial charge on any atom is -0.466 e. The van der Waals surface area contributed by atoms with E-state index in [0.29, 0.717) is 19.6 Å². The van der Waals surface area contributed by atoms with E-state index < -0.39 is 0 Å². The molecule has 0 aliphatic rings. The number of ether oxygens (including phenoxy) is 2. The molecule has 1 rings (SSSR count). The normalized spacial score (nSPS) is 10.4. The number of rotatable bonds is 9. The van der Waals surface area contributed by atoms with E-state index in [9.17, 15) is 4.79 Å². The Bertz CT molecular complexity index is 379. The van der Waals surface area contributed by atoms with Gasteiger partial charge in [-0.1, -0.05) is 40.5 Å². The SMILES string of the molecule is CCOC(=O)CCCCCOCc1ccccc1Br. The van der Waals surface area contributed by atoms with Crippen molar-refractivity contribution in [3.8, 4) is 0 Å². The summed E-state index contributed by atoms with van der Waals surface area (Å²) >= 11 is 3.49. The standard InChI is InChI=1S/C15H21BrO3/c1-2-19-15(17)10-4-3-7-11-18-12-13-8-5-6-9-14(13)16/h5-6,8-9H,2-4,7,10-12H2,1H3. The summed E-state index contributed by atoms with van der Waals surface area (Å²) in [6, 6.07) is 8.05. The Morgan fingerprint density at radius 2 is 2.00 bits per heavy atom. The van der Waals surface area contributed by atoms with Gasteiger partial charge in [0.15, 0.2) is 0 Å². The Balaban J connectivity index is 2.00. The lowest BCUT2D eigenvalue weighted by Crippen LogP contribution is -2.03. The van der Waals surface area contributed by atoms with Crippen molar-refractivity contribution in [1.29, 1.82) is 0 Å². The minimum absolute atomic E-state index is 0.100. The number of hydrogen-bond acceptors (Lipinski definition) is 3. The van der Waals surface area contributed by atoms with Gasteiger partial charge < -0.3 is 9.47 Å². The van der Waals surface area contributed by atoms with Gasteiger partial charge in [-0.2, -0.15) is 0 Å². The first kappa shape index (κ1) is 16.2. The molecule has 0 aliphatic heterocycles. The van der Waals surface area contributed by atoms with Crippen LogP contribution in [0.25, 0.3) is 0 Å². The fraction of sp³-hybridized carbons (Fsp3) is 0.533. The van der Waals surface area contributed by atoms with Gasteiger partial charge in [-0.25, -0.2) is 0 Å². The first-order valence-corrected chi connectivity index (χ1v) is 7.50. The second kappa shape index (κ2) is 9.98. The van der Waals surface area contributed by atoms with Crippen LogP contribution in [-0.2, 0) is 20.9 Å². The van der Waals surface area contributed by atoms with E-state index in [1.54, 1.807) is 0 Å². The fourth-order valence-corrected chi connectivity index (χ4v) is 2.08. The highest BCUT2D eigenvalue weighted by atomic mass is 79.9. The van der Waals surface area contributed by atoms with Crippen LogP contribution < -0.4 is 0 Å². The van der Waals surface area contributed by atoms with E-state index in [-0.39, 0.29) is 5.97 Å². The number of esters is 1. The monoisotopic (exact) mass is 328 g/mol. The average Bonchev–Trinajstić information content (AvgIpc) is 2.40. The van der Waals surface area contributed by atoms with E-state index in [4.69, 9.17) is 9.47 Å². The van der Waals surface area contributed by atoms with Crippen LogP contribution in [0.15, 0.2) is 28.7 Å². The largest absolute Gasteiger partial charge is 0.466 e. The van der Waals surface area contributed by atoms with Crippen LogP contribution in [0.2, 0.25) is 0 Å². The summed E-state index contributed by atoms with van der Waals surface area (Å²) in [5.41, 5.74) is 1.16. The van der Waals surface area contributed by atoms with Gasteiger partial charge in [0, 0.05) is 17.5 Å². The molecular formula is C15H21BrO3. The molecule has 0 N–H and O–H groups in total. The molecule has 0 atom stereocenters. The second-order valence-electron chi connectivity index (χ2n) is 4.26. The number of halogens is 1. The lowest BCUT2D eigenvalue weighted by atomic mass is 10.2. The molecule has 0 saturated carbocycles. The van der Waals surface area contributed by atoms with Gasteiger partial charge in [0.2, 0.25) is 0 Å². The Kier molecular flexibility index (Phi) is 8.50. The summed E-state index contributed by atoms with van der Waals surface area (Å²) in [5.74, 6) is -0.100. The van der Waals surface area contributed by atoms with Gasteiger partial charge in [-0.15, -0.1) is 0 Å². The maximum absolute atomic E-state index is 11.1. The third-order valence-corrected chi connectivity index (χ3v) is 3.46. The molecule has 106 valence electrons. The number of benzene rings is 1. The molecule has 19 heavy (non-hydrogen) atoms. The molecular weight excluding hydrogens is 308 g/mol. The average molecular weight is 329 g/mol. The summed E-state index contributed by atoms with van der Waals surface area (Å²) in [6.45, 7) is 3.64. The molecule has 1 aromatic rings. The first-order chi connectivity index (χ1) is 9.24. The van der Waals surface area contributed by atoms with Crippen molar-refractivity contribution < 1.29 is 14.3 Å². The molecule has 0 amide bonds. The topological polar surface area (TPSA) is 35.5 Å². The molecule has 0 unspecified atom stereocenters. The van der Waals surface area contributed by atoms with E-state index in [1.807, 2.05) is 31.2 Å². The van der Waals surface area contributed by atoms with Crippen molar-refractivity contribution in [1.82, 2.24) is 0 Å². The Morgan fingerprint density at radius 1 is 1.21 bits per heavy atom. The highest BCUT2D eigenvalue weighted by Crippen LogP contribution is 2.16. The minimum atomic E-state index is -0.100. The summed E-state index contributed by atoms with van der Waals surface area (Å²) in [4.78, 5) is 11.1. The third-order valence-electron chi connectivity index (χ3n) is 2.69. The van der Waals surface area contributed by atoms with Crippen molar-refractivity contribution >= 4 is 21.9 Å². The molecule has 3 nitrogen and oxygen atoms in total. The van der Waals surface area contributed by atoms with E-state index in [2.05, 4.69) is 15.9 Å². The third kappa shape index (κ3) is 7.33. The van der Waals surface area contributed by atoms with Crippen LogP contribution in [0.1, 0.15) is 38.2 Å². The molecule has 1 aromatic carbocycles. The van der Waals surface area contributed by atoms with Crippen LogP contribution in [-0.4, -0.2) is 19.2 Å². The van der Waals surface area contributed by atoms with Gasteiger partial charge in [-0.05, 0) is 31.4 Å². The van der Waals surface area contributed by atoms with Gasteiger partial charge in [0.1, 0.15) is 0 Å². The van der Waals surface area contributed by atoms with Crippen molar-refractivity contribution in [3.05, 3.63) is 34.3 Å². The van der Waals surface area contributed by atoms with Crippen LogP contribution >= 0.6 is 15.9 Å². The molecule has 0 bridgehead atoms. The number of unbranched alkanes of at least 4 members (excludes halogenated alkanes) is 2. The lowest BCUT2D eigenvalue weighted by molar-refractivity contribution is -0.143. The van der Waals surface area contributed by atoms with E-state index in [1.165, 1.54) is 0 Å². The summed E-state index contributed by atoms with van der Waals surface area (Å²) in [5, 5.41) is 0. The van der Waals surface area contributed by atoms with Gasteiger partial charge in [-0.3, -0.25) is 4.79 Å². The molecule has 0 spiro atoms. The van der Waals surface area contributed by atoms with Crippen LogP contribution in [0.4, 0.5) is 0 Å². The van der Waals surface area contributed by atoms with Crippen molar-refractivity contribution in [2.45, 2.75) is 39.2 Å². The van der Waals surface area contributed by atoms with Gasteiger partial charge >= 0.3 is 5.97 Å². The van der Waals surface area contributed by atoms with Crippen molar-refractivity contribution in [2.75, 3.05) is 13.2 Å². The molecule has 0 heterocycles. The molecule has 0 radical (unpaired) electrons. The molecule has 4 heteroatoms. The molecule has 0 fully saturated rings. The first-order valence-electron chi connectivity index (χ1n) is 6.70. The predicted octanol–water partition coefficient (Wildman–Crippen LogP) is 4.09. The van der Waals surface area contributed by atoms with Crippen LogP contribution in [0, 0.1) is 0 Å². The molecule has 0 aliphatic carbocycles. The van der Waals surface area contributed by atoms with Gasteiger partial charge in [0.25, 0.3) is 0 Å². The zero-order valence-electron chi connectivity index (χ0n) is 11.4. The summed E-state index contributed by atoms with van der Waals surface area (Å²) in [7, 11) is 0. The Hall–Kier alpha value is -0.870. The lowest BCUT2D eigenvalue weighted by Gasteiger charge is -2.06. The van der Waals surface area contributed by atoms with Crippen molar-refractivity contribution in [2.24, 2.45) is 0 Å². The zero-order valence-corrected chi connectivity index (χ0v) is 12.9. The van der Waals surface area contributed by atoms with E-state index in [0.717, 1.165) is 35.9 Å². The second-order valence-corrected chi connectivity index (χ2v) is 5.11. The Labute approximate surface area is 123 Å².